The average molecular weight is 480 g/mol. The average Bonchev–Trinajstić information content (AvgIpc) is 3.17. The SMILES string of the molecule is O=C(N/N=C\c1ccccc1OC(=O)c1sc2ccccc2c1Cl)c1ccc([N+](=O)[O-])cc1. The second-order valence-corrected chi connectivity index (χ2v) is 8.10. The van der Waals surface area contributed by atoms with Gasteiger partial charge in [0, 0.05) is 33.3 Å². The molecule has 0 aliphatic carbocycles. The highest BCUT2D eigenvalue weighted by atomic mass is 35.5. The molecule has 0 aliphatic heterocycles. The molecule has 1 aromatic heterocycles. The molecular formula is C23H14ClN3O5S. The van der Waals surface area contributed by atoms with Crippen molar-refractivity contribution in [3.63, 3.8) is 0 Å². The van der Waals surface area contributed by atoms with E-state index in [9.17, 15) is 19.7 Å². The molecule has 0 radical (unpaired) electrons. The van der Waals surface area contributed by atoms with E-state index >= 15 is 0 Å². The number of benzene rings is 3. The molecule has 0 unspecified atom stereocenters. The summed E-state index contributed by atoms with van der Waals surface area (Å²) in [5.41, 5.74) is 2.87. The fourth-order valence-corrected chi connectivity index (χ4v) is 4.32. The first-order valence-electron chi connectivity index (χ1n) is 9.50. The van der Waals surface area contributed by atoms with Crippen LogP contribution in [0.25, 0.3) is 10.1 Å². The Morgan fingerprint density at radius 3 is 2.45 bits per heavy atom. The number of ether oxygens (including phenoxy) is 1. The second kappa shape index (κ2) is 9.60. The first kappa shape index (κ1) is 22.1. The third-order valence-corrected chi connectivity index (χ3v) is 6.21. The summed E-state index contributed by atoms with van der Waals surface area (Å²) in [6.07, 6.45) is 1.33. The Balaban J connectivity index is 1.47. The molecule has 0 aliphatic rings. The number of fused-ring (bicyclic) bond motifs is 1. The van der Waals surface area contributed by atoms with Gasteiger partial charge in [0.25, 0.3) is 11.6 Å². The predicted octanol–water partition coefficient (Wildman–Crippen LogP) is 5.45. The van der Waals surface area contributed by atoms with Gasteiger partial charge in [-0.2, -0.15) is 5.10 Å². The second-order valence-electron chi connectivity index (χ2n) is 6.67. The van der Waals surface area contributed by atoms with E-state index in [0.29, 0.717) is 10.6 Å². The lowest BCUT2D eigenvalue weighted by Crippen LogP contribution is -2.17. The molecular weight excluding hydrogens is 466 g/mol. The van der Waals surface area contributed by atoms with Gasteiger partial charge < -0.3 is 4.74 Å². The molecule has 1 amide bonds. The molecule has 1 heterocycles. The van der Waals surface area contributed by atoms with Crippen molar-refractivity contribution in [2.75, 3.05) is 0 Å². The number of amides is 1. The summed E-state index contributed by atoms with van der Waals surface area (Å²) in [4.78, 5) is 35.4. The van der Waals surface area contributed by atoms with Gasteiger partial charge >= 0.3 is 5.97 Å². The van der Waals surface area contributed by atoms with Crippen molar-refractivity contribution in [3.05, 3.63) is 104 Å². The van der Waals surface area contributed by atoms with E-state index in [4.69, 9.17) is 16.3 Å². The van der Waals surface area contributed by atoms with Gasteiger partial charge in [0.2, 0.25) is 0 Å². The molecule has 3 aromatic carbocycles. The van der Waals surface area contributed by atoms with Crippen molar-refractivity contribution >= 4 is 56.8 Å². The summed E-state index contributed by atoms with van der Waals surface area (Å²) in [6.45, 7) is 0. The molecule has 0 atom stereocenters. The van der Waals surface area contributed by atoms with Crippen LogP contribution >= 0.6 is 22.9 Å². The summed E-state index contributed by atoms with van der Waals surface area (Å²) in [5.74, 6) is -0.908. The molecule has 8 nitrogen and oxygen atoms in total. The number of hydrazone groups is 1. The minimum Gasteiger partial charge on any atom is -0.422 e. The number of thiophene rings is 1. The molecule has 33 heavy (non-hydrogen) atoms. The summed E-state index contributed by atoms with van der Waals surface area (Å²) in [7, 11) is 0. The smallest absolute Gasteiger partial charge is 0.355 e. The Labute approximate surface area is 196 Å². The Kier molecular flexibility index (Phi) is 6.43. The minimum atomic E-state index is -0.600. The number of non-ortho nitro benzene ring substituents is 1. The van der Waals surface area contributed by atoms with Gasteiger partial charge in [-0.25, -0.2) is 10.2 Å². The first-order valence-corrected chi connectivity index (χ1v) is 10.7. The van der Waals surface area contributed by atoms with Crippen LogP contribution < -0.4 is 10.2 Å². The predicted molar refractivity (Wildman–Crippen MR) is 126 cm³/mol. The molecule has 0 saturated heterocycles. The molecule has 10 heteroatoms. The normalized spacial score (nSPS) is 10.9. The zero-order valence-corrected chi connectivity index (χ0v) is 18.3. The molecule has 1 N–H and O–H groups in total. The number of halogens is 1. The van der Waals surface area contributed by atoms with Crippen LogP contribution in [0, 0.1) is 10.1 Å². The Hall–Kier alpha value is -4.08. The third kappa shape index (κ3) is 4.89. The Morgan fingerprint density at radius 2 is 1.73 bits per heavy atom. The lowest BCUT2D eigenvalue weighted by atomic mass is 10.2. The number of para-hydroxylation sites is 1. The monoisotopic (exact) mass is 479 g/mol. The third-order valence-electron chi connectivity index (χ3n) is 4.55. The molecule has 0 fully saturated rings. The summed E-state index contributed by atoms with van der Waals surface area (Å²) < 4.78 is 6.41. The van der Waals surface area contributed by atoms with Crippen LogP contribution in [0.2, 0.25) is 5.02 Å². The number of rotatable bonds is 6. The van der Waals surface area contributed by atoms with Gasteiger partial charge in [-0.1, -0.05) is 41.9 Å². The zero-order chi connectivity index (χ0) is 23.4. The number of carbonyl (C=O) groups excluding carboxylic acids is 2. The van der Waals surface area contributed by atoms with E-state index < -0.39 is 16.8 Å². The lowest BCUT2D eigenvalue weighted by Gasteiger charge is -2.06. The van der Waals surface area contributed by atoms with Gasteiger partial charge in [-0.15, -0.1) is 11.3 Å². The Bertz CT molecular complexity index is 1400. The van der Waals surface area contributed by atoms with Crippen molar-refractivity contribution in [1.82, 2.24) is 5.43 Å². The van der Waals surface area contributed by atoms with Crippen molar-refractivity contribution in [3.8, 4) is 5.75 Å². The Morgan fingerprint density at radius 1 is 1.03 bits per heavy atom. The van der Waals surface area contributed by atoms with Crippen LogP contribution in [0.1, 0.15) is 25.6 Å². The van der Waals surface area contributed by atoms with Gasteiger partial charge in [0.15, 0.2) is 0 Å². The van der Waals surface area contributed by atoms with Crippen molar-refractivity contribution < 1.29 is 19.2 Å². The highest BCUT2D eigenvalue weighted by Gasteiger charge is 2.19. The molecule has 0 bridgehead atoms. The maximum absolute atomic E-state index is 12.7. The van der Waals surface area contributed by atoms with Crippen LogP contribution in [0.15, 0.2) is 77.9 Å². The molecule has 0 spiro atoms. The van der Waals surface area contributed by atoms with Gasteiger partial charge in [-0.3, -0.25) is 14.9 Å². The highest BCUT2D eigenvalue weighted by molar-refractivity contribution is 7.21. The van der Waals surface area contributed by atoms with E-state index in [1.54, 1.807) is 24.3 Å². The molecule has 4 aromatic rings. The first-order chi connectivity index (χ1) is 15.9. The van der Waals surface area contributed by atoms with E-state index in [1.807, 2.05) is 24.3 Å². The van der Waals surface area contributed by atoms with E-state index in [-0.39, 0.29) is 21.9 Å². The fourth-order valence-electron chi connectivity index (χ4n) is 2.93. The van der Waals surface area contributed by atoms with Crippen molar-refractivity contribution in [1.29, 1.82) is 0 Å². The quantitative estimate of drug-likeness (QED) is 0.130. The van der Waals surface area contributed by atoms with Gasteiger partial charge in [0.05, 0.1) is 16.2 Å². The number of hydrogen-bond donors (Lipinski definition) is 1. The van der Waals surface area contributed by atoms with Crippen LogP contribution in [0.5, 0.6) is 5.75 Å². The van der Waals surface area contributed by atoms with Gasteiger partial charge in [0.1, 0.15) is 10.6 Å². The molecule has 4 rings (SSSR count). The van der Waals surface area contributed by atoms with Crippen LogP contribution in [-0.4, -0.2) is 23.0 Å². The van der Waals surface area contributed by atoms with E-state index in [0.717, 1.165) is 10.1 Å². The number of nitro groups is 1. The minimum absolute atomic E-state index is 0.121. The summed E-state index contributed by atoms with van der Waals surface area (Å²) in [5, 5.41) is 15.7. The number of hydrogen-bond acceptors (Lipinski definition) is 7. The van der Waals surface area contributed by atoms with Crippen molar-refractivity contribution in [2.24, 2.45) is 5.10 Å². The topological polar surface area (TPSA) is 111 Å². The summed E-state index contributed by atoms with van der Waals surface area (Å²) >= 11 is 7.60. The summed E-state index contributed by atoms with van der Waals surface area (Å²) in [6, 6.07) is 19.2. The highest BCUT2D eigenvalue weighted by Crippen LogP contribution is 2.36. The molecule has 164 valence electrons. The van der Waals surface area contributed by atoms with Crippen molar-refractivity contribution in [2.45, 2.75) is 0 Å². The molecule has 0 saturated carbocycles. The van der Waals surface area contributed by atoms with Crippen LogP contribution in [-0.2, 0) is 0 Å². The number of nitrogens with one attached hydrogen (secondary N) is 1. The number of nitrogens with zero attached hydrogens (tertiary/aromatic N) is 2. The standard InChI is InChI=1S/C23H14ClN3O5S/c24-20-17-6-2-4-8-19(17)33-21(20)23(29)32-18-7-3-1-5-15(18)13-25-26-22(28)14-9-11-16(12-10-14)27(30)31/h1-13H,(H,26,28)/b25-13-. The number of nitro benzene ring substituents is 1. The maximum Gasteiger partial charge on any atom is 0.355 e. The lowest BCUT2D eigenvalue weighted by molar-refractivity contribution is -0.384. The van der Waals surface area contributed by atoms with E-state index in [2.05, 4.69) is 10.5 Å². The van der Waals surface area contributed by atoms with Gasteiger partial charge in [-0.05, 0) is 30.3 Å². The zero-order valence-electron chi connectivity index (χ0n) is 16.7. The van der Waals surface area contributed by atoms with E-state index in [1.165, 1.54) is 41.8 Å². The van der Waals surface area contributed by atoms with Crippen LogP contribution in [0.4, 0.5) is 5.69 Å². The maximum atomic E-state index is 12.7. The fraction of sp³-hybridized carbons (Fsp3) is 0. The largest absolute Gasteiger partial charge is 0.422 e. The number of carbonyl (C=O) groups is 2. The number of esters is 1. The van der Waals surface area contributed by atoms with Crippen LogP contribution in [0.3, 0.4) is 0 Å².